The summed E-state index contributed by atoms with van der Waals surface area (Å²) in [6, 6.07) is 18.9. The third-order valence-corrected chi connectivity index (χ3v) is 15.7. The van der Waals surface area contributed by atoms with Crippen molar-refractivity contribution in [2.45, 2.75) is 106 Å². The molecule has 1 unspecified atom stereocenters. The average molecular weight is 827 g/mol. The van der Waals surface area contributed by atoms with Crippen molar-refractivity contribution in [3.05, 3.63) is 89.1 Å². The summed E-state index contributed by atoms with van der Waals surface area (Å²) >= 11 is 1.41. The Balaban J connectivity index is 1.13. The molecule has 2 aromatic carbocycles. The molecule has 3 fully saturated rings. The summed E-state index contributed by atoms with van der Waals surface area (Å²) in [5, 5.41) is 7.16. The lowest BCUT2D eigenvalue weighted by Crippen LogP contribution is -2.55. The molecule has 6 atom stereocenters. The predicted molar refractivity (Wildman–Crippen MR) is 223 cm³/mol. The second-order valence-corrected chi connectivity index (χ2v) is 19.5. The van der Waals surface area contributed by atoms with E-state index in [4.69, 9.17) is 19.2 Å². The van der Waals surface area contributed by atoms with Crippen LogP contribution in [0.1, 0.15) is 75.5 Å². The highest BCUT2D eigenvalue weighted by molar-refractivity contribution is 7.59. The van der Waals surface area contributed by atoms with Crippen molar-refractivity contribution in [2.75, 3.05) is 13.7 Å². The molecule has 4 aromatic rings. The number of ether oxygens (including phenoxy) is 3. The van der Waals surface area contributed by atoms with Crippen molar-refractivity contribution < 1.29 is 38.1 Å². The van der Waals surface area contributed by atoms with E-state index in [1.807, 2.05) is 84.3 Å². The molecular weight excluding hydrogens is 776 g/mol. The van der Waals surface area contributed by atoms with Gasteiger partial charge in [-0.3, -0.25) is 14.2 Å². The van der Waals surface area contributed by atoms with Gasteiger partial charge in [0.05, 0.1) is 31.0 Å². The number of amides is 3. The number of rotatable bonds is 9. The molecule has 12 nitrogen and oxygen atoms in total. The van der Waals surface area contributed by atoms with E-state index >= 15 is 0 Å². The molecule has 0 bridgehead atoms. The maximum atomic E-state index is 14.8. The van der Waals surface area contributed by atoms with Crippen LogP contribution in [0.5, 0.6) is 11.5 Å². The van der Waals surface area contributed by atoms with E-state index in [2.05, 4.69) is 10.6 Å². The van der Waals surface area contributed by atoms with Gasteiger partial charge in [0.1, 0.15) is 41.1 Å². The van der Waals surface area contributed by atoms with E-state index in [0.717, 1.165) is 60.8 Å². The number of carbonyl (C=O) groups excluding carboxylic acids is 3. The normalized spacial score (nSPS) is 26.4. The number of nitrogens with one attached hydrogen (secondary N) is 2. The van der Waals surface area contributed by atoms with E-state index in [1.165, 1.54) is 16.2 Å². The average Bonchev–Trinajstić information content (AvgIpc) is 3.68. The molecule has 2 aliphatic carbocycles. The quantitative estimate of drug-likeness (QED) is 0.112. The van der Waals surface area contributed by atoms with Crippen molar-refractivity contribution in [3.63, 3.8) is 0 Å². The van der Waals surface area contributed by atoms with E-state index < -0.39 is 48.7 Å². The first-order chi connectivity index (χ1) is 28.1. The van der Waals surface area contributed by atoms with Gasteiger partial charge >= 0.3 is 6.09 Å². The summed E-state index contributed by atoms with van der Waals surface area (Å²) < 4.78 is 32.4. The topological polar surface area (TPSA) is 156 Å². The smallest absolute Gasteiger partial charge is 0.408 e. The zero-order valence-corrected chi connectivity index (χ0v) is 34.4. The Morgan fingerprint density at radius 1 is 1.02 bits per heavy atom. The van der Waals surface area contributed by atoms with Crippen LogP contribution in [0.15, 0.2) is 84.3 Å². The SMILES string of the molecule is COc1ccc2c(O[C@@H]3C[C@H]4C(=O)N[C@]5(P(=O)(O)Cc6cccs6)C[C@H]5C=CCCCCC[C@H](NC(=O)OC5CCCC5)C(=O)N4C3)cc(-c3ccccc3)nc2c1. The van der Waals surface area contributed by atoms with E-state index in [9.17, 15) is 23.8 Å². The maximum Gasteiger partial charge on any atom is 0.408 e. The Morgan fingerprint density at radius 2 is 1.83 bits per heavy atom. The van der Waals surface area contributed by atoms with Crippen LogP contribution >= 0.6 is 18.7 Å². The Bertz CT molecular complexity index is 2200. The highest BCUT2D eigenvalue weighted by atomic mass is 32.1. The predicted octanol–water partition coefficient (Wildman–Crippen LogP) is 8.18. The van der Waals surface area contributed by atoms with Gasteiger partial charge in [0.25, 0.3) is 0 Å². The molecule has 0 radical (unpaired) electrons. The van der Waals surface area contributed by atoms with Crippen molar-refractivity contribution in [1.29, 1.82) is 0 Å². The van der Waals surface area contributed by atoms with Crippen LogP contribution in [0.2, 0.25) is 0 Å². The molecule has 0 spiro atoms. The monoisotopic (exact) mass is 826 g/mol. The molecule has 4 aliphatic rings. The van der Waals surface area contributed by atoms with Crippen molar-refractivity contribution in [3.8, 4) is 22.8 Å². The molecule has 2 aromatic heterocycles. The fourth-order valence-electron chi connectivity index (χ4n) is 8.74. The van der Waals surface area contributed by atoms with E-state index in [-0.39, 0.29) is 31.1 Å². The minimum Gasteiger partial charge on any atom is -0.497 e. The Labute approximate surface area is 342 Å². The van der Waals surface area contributed by atoms with Gasteiger partial charge < -0.3 is 34.6 Å². The largest absolute Gasteiger partial charge is 0.497 e. The fourth-order valence-corrected chi connectivity index (χ4v) is 12.2. The Hall–Kier alpha value is -4.71. The number of aromatic nitrogens is 1. The van der Waals surface area contributed by atoms with Gasteiger partial charge in [-0.2, -0.15) is 0 Å². The number of pyridine rings is 1. The standard InChI is InChI=1S/C44H51N4O8PS/c1-54-32-20-21-35-38(23-32)45-37(29-13-6-5-7-14-29)25-40(35)55-33-24-39-41(49)47-44(57(52,53)28-34-18-12-22-58-34)26-30(44)15-8-3-2-4-9-19-36(42(50)48(39)27-33)46-43(51)56-31-16-10-11-17-31/h5-8,12-15,18,20-23,25,30-31,33,36,39H,2-4,9-11,16-17,19,24,26-28H2,1H3,(H,46,51)(H,47,49)(H,52,53)/t30-,33-,36+,39+,44+/m1/s1. The molecule has 2 saturated carbocycles. The summed E-state index contributed by atoms with van der Waals surface area (Å²) in [4.78, 5) is 61.7. The number of thiophene rings is 1. The van der Waals surface area contributed by atoms with Gasteiger partial charge in [-0.1, -0.05) is 61.4 Å². The lowest BCUT2D eigenvalue weighted by molar-refractivity contribution is -0.140. The molecule has 1 saturated heterocycles. The fraction of sp³-hybridized carbons (Fsp3) is 0.455. The van der Waals surface area contributed by atoms with Gasteiger partial charge in [-0.15, -0.1) is 11.3 Å². The van der Waals surface area contributed by atoms with Crippen molar-refractivity contribution in [1.82, 2.24) is 20.5 Å². The first kappa shape index (κ1) is 40.1. The number of hydrogen-bond acceptors (Lipinski definition) is 9. The van der Waals surface area contributed by atoms with Crippen LogP contribution in [-0.4, -0.2) is 75.9 Å². The minimum atomic E-state index is -4.00. The third-order valence-electron chi connectivity index (χ3n) is 12.0. The summed E-state index contributed by atoms with van der Waals surface area (Å²) in [6.45, 7) is 0.0513. The second-order valence-electron chi connectivity index (χ2n) is 16.0. The number of hydrogen-bond donors (Lipinski definition) is 3. The molecule has 14 heteroatoms. The molecule has 8 rings (SSSR count). The van der Waals surface area contributed by atoms with Crippen LogP contribution in [-0.2, 0) is 25.1 Å². The van der Waals surface area contributed by atoms with Crippen LogP contribution in [0.3, 0.4) is 0 Å². The maximum absolute atomic E-state index is 14.8. The molecule has 2 aliphatic heterocycles. The number of benzene rings is 2. The second kappa shape index (κ2) is 17.3. The number of nitrogens with zero attached hydrogens (tertiary/aromatic N) is 2. The zero-order valence-electron chi connectivity index (χ0n) is 32.7. The number of fused-ring (bicyclic) bond motifs is 3. The minimum absolute atomic E-state index is 0.0513. The molecular formula is C44H51N4O8PS. The summed E-state index contributed by atoms with van der Waals surface area (Å²) in [5.41, 5.74) is 2.22. The van der Waals surface area contributed by atoms with Crippen LogP contribution in [0.25, 0.3) is 22.2 Å². The highest BCUT2D eigenvalue weighted by Gasteiger charge is 2.66. The Morgan fingerprint density at radius 3 is 2.60 bits per heavy atom. The van der Waals surface area contributed by atoms with Gasteiger partial charge in [0.15, 0.2) is 0 Å². The zero-order chi connectivity index (χ0) is 40.3. The van der Waals surface area contributed by atoms with Crippen LogP contribution in [0, 0.1) is 5.92 Å². The molecule has 3 N–H and O–H groups in total. The molecule has 4 heterocycles. The Kier molecular flexibility index (Phi) is 11.9. The lowest BCUT2D eigenvalue weighted by Gasteiger charge is -2.31. The number of allylic oxidation sites excluding steroid dienone is 1. The first-order valence-corrected chi connectivity index (χ1v) is 23.2. The summed E-state index contributed by atoms with van der Waals surface area (Å²) in [6.07, 6.45) is 9.95. The summed E-state index contributed by atoms with van der Waals surface area (Å²) in [7, 11) is -2.40. The number of alkyl carbamates (subject to hydrolysis) is 1. The van der Waals surface area contributed by atoms with Crippen LogP contribution < -0.4 is 20.1 Å². The number of carbonyl (C=O) groups is 3. The lowest BCUT2D eigenvalue weighted by atomic mass is 10.0. The van der Waals surface area contributed by atoms with E-state index in [0.29, 0.717) is 42.0 Å². The van der Waals surface area contributed by atoms with Gasteiger partial charge in [0, 0.05) is 40.3 Å². The highest BCUT2D eigenvalue weighted by Crippen LogP contribution is 2.71. The van der Waals surface area contributed by atoms with Gasteiger partial charge in [-0.25, -0.2) is 9.78 Å². The van der Waals surface area contributed by atoms with Crippen molar-refractivity contribution >= 4 is 47.5 Å². The van der Waals surface area contributed by atoms with E-state index in [1.54, 1.807) is 7.11 Å². The van der Waals surface area contributed by atoms with Gasteiger partial charge in [-0.05, 0) is 74.9 Å². The first-order valence-electron chi connectivity index (χ1n) is 20.4. The molecule has 306 valence electrons. The number of methoxy groups -OCH3 is 1. The van der Waals surface area contributed by atoms with Gasteiger partial charge in [0.2, 0.25) is 19.2 Å². The van der Waals surface area contributed by atoms with Crippen LogP contribution in [0.4, 0.5) is 4.79 Å². The summed E-state index contributed by atoms with van der Waals surface area (Å²) in [5.74, 6) is -0.0955. The third kappa shape index (κ3) is 8.67. The molecule has 3 amide bonds. The van der Waals surface area contributed by atoms with Crippen molar-refractivity contribution in [2.24, 2.45) is 5.92 Å². The molecule has 58 heavy (non-hydrogen) atoms.